The van der Waals surface area contributed by atoms with Crippen molar-refractivity contribution in [3.05, 3.63) is 0 Å². The van der Waals surface area contributed by atoms with Gasteiger partial charge < -0.3 is 10.1 Å². The summed E-state index contributed by atoms with van der Waals surface area (Å²) in [5.41, 5.74) is 0. The molecular weight excluding hydrogens is 182 g/mol. The van der Waals surface area contributed by atoms with Crippen molar-refractivity contribution in [3.8, 4) is 0 Å². The molecule has 0 aliphatic carbocycles. The van der Waals surface area contributed by atoms with Gasteiger partial charge in [0.1, 0.15) is 6.61 Å². The van der Waals surface area contributed by atoms with Crippen molar-refractivity contribution in [3.63, 3.8) is 0 Å². The Balaban J connectivity index is 1.72. The molecule has 0 saturated carbocycles. The van der Waals surface area contributed by atoms with Crippen LogP contribution in [0.2, 0.25) is 0 Å². The number of nitrogens with one attached hydrogen (secondary N) is 2. The van der Waals surface area contributed by atoms with Gasteiger partial charge in [0.25, 0.3) is 0 Å². The van der Waals surface area contributed by atoms with Crippen molar-refractivity contribution in [2.45, 2.75) is 19.1 Å². The molecule has 2 fully saturated rings. The summed E-state index contributed by atoms with van der Waals surface area (Å²) in [7, 11) is 0. The molecule has 5 nitrogen and oxygen atoms in total. The molecule has 2 unspecified atom stereocenters. The maximum atomic E-state index is 10.6. The van der Waals surface area contributed by atoms with E-state index in [1.807, 2.05) is 0 Å². The van der Waals surface area contributed by atoms with E-state index in [4.69, 9.17) is 4.74 Å². The zero-order valence-corrected chi connectivity index (χ0v) is 8.45. The average Bonchev–Trinajstić information content (AvgIpc) is 2.98. The summed E-state index contributed by atoms with van der Waals surface area (Å²) in [6.07, 6.45) is 0.567. The normalized spacial score (nSPS) is 32.6. The quantitative estimate of drug-likeness (QED) is 0.439. The van der Waals surface area contributed by atoms with E-state index in [2.05, 4.69) is 15.5 Å². The van der Waals surface area contributed by atoms with Crippen molar-refractivity contribution in [2.24, 2.45) is 0 Å². The summed E-state index contributed by atoms with van der Waals surface area (Å²) in [6, 6.07) is 0.287. The van der Waals surface area contributed by atoms with Gasteiger partial charge in [-0.1, -0.05) is 0 Å². The van der Waals surface area contributed by atoms with Gasteiger partial charge in [-0.3, -0.25) is 15.0 Å². The minimum atomic E-state index is -0.200. The highest BCUT2D eigenvalue weighted by Crippen LogP contribution is 2.09. The number of hydrogen-bond acceptors (Lipinski definition) is 5. The zero-order chi connectivity index (χ0) is 9.97. The van der Waals surface area contributed by atoms with Gasteiger partial charge in [-0.2, -0.15) is 0 Å². The third-order valence-corrected chi connectivity index (χ3v) is 2.60. The predicted molar refractivity (Wildman–Crippen MR) is 51.8 cm³/mol. The van der Waals surface area contributed by atoms with Gasteiger partial charge in [0.05, 0.1) is 12.2 Å². The van der Waals surface area contributed by atoms with E-state index >= 15 is 0 Å². The van der Waals surface area contributed by atoms with Crippen LogP contribution >= 0.6 is 0 Å². The highest BCUT2D eigenvalue weighted by atomic mass is 16.5. The molecule has 2 aliphatic heterocycles. The molecule has 0 aromatic rings. The first-order chi connectivity index (χ1) is 6.75. The van der Waals surface area contributed by atoms with Crippen LogP contribution in [0.3, 0.4) is 0 Å². The summed E-state index contributed by atoms with van der Waals surface area (Å²) in [6.45, 7) is 6.05. The number of piperazine rings is 1. The second kappa shape index (κ2) is 4.25. The maximum absolute atomic E-state index is 10.6. The van der Waals surface area contributed by atoms with Gasteiger partial charge in [-0.15, -0.1) is 0 Å². The number of esters is 1. The molecule has 2 atom stereocenters. The van der Waals surface area contributed by atoms with Crippen LogP contribution in [0.25, 0.3) is 0 Å². The van der Waals surface area contributed by atoms with Gasteiger partial charge >= 0.3 is 5.97 Å². The third-order valence-electron chi connectivity index (χ3n) is 2.60. The highest BCUT2D eigenvalue weighted by Gasteiger charge is 2.31. The molecule has 0 bridgehead atoms. The summed E-state index contributed by atoms with van der Waals surface area (Å²) in [5.74, 6) is -0.200. The van der Waals surface area contributed by atoms with Crippen molar-refractivity contribution in [2.75, 3.05) is 32.8 Å². The number of carbonyl (C=O) groups is 1. The predicted octanol–water partition coefficient (Wildman–Crippen LogP) is -1.25. The molecular formula is C9H17N3O2. The van der Waals surface area contributed by atoms with Gasteiger partial charge in [0.15, 0.2) is 0 Å². The minimum absolute atomic E-state index is 0.200. The number of ether oxygens (including phenoxy) is 1. The minimum Gasteiger partial charge on any atom is -0.464 e. The molecule has 0 spiro atoms. The van der Waals surface area contributed by atoms with Crippen molar-refractivity contribution in [1.82, 2.24) is 15.5 Å². The van der Waals surface area contributed by atoms with E-state index in [0.29, 0.717) is 12.8 Å². The van der Waals surface area contributed by atoms with Crippen LogP contribution in [0.1, 0.15) is 6.92 Å². The van der Waals surface area contributed by atoms with Gasteiger partial charge in [0, 0.05) is 33.1 Å². The molecule has 0 aromatic carbocycles. The fourth-order valence-electron chi connectivity index (χ4n) is 1.77. The molecule has 0 aromatic heterocycles. The molecule has 5 heteroatoms. The second-order valence-corrected chi connectivity index (χ2v) is 3.87. The summed E-state index contributed by atoms with van der Waals surface area (Å²) in [4.78, 5) is 13.0. The Labute approximate surface area is 83.8 Å². The van der Waals surface area contributed by atoms with Crippen LogP contribution in [0, 0.1) is 0 Å². The summed E-state index contributed by atoms with van der Waals surface area (Å²) in [5, 5.41) is 6.62. The molecule has 2 heterocycles. The Morgan fingerprint density at radius 1 is 1.57 bits per heavy atom. The first kappa shape index (κ1) is 9.89. The molecule has 2 N–H and O–H groups in total. The maximum Gasteiger partial charge on any atom is 0.302 e. The number of carbonyl (C=O) groups excluding carboxylic acids is 1. The Kier molecular flexibility index (Phi) is 3.00. The summed E-state index contributed by atoms with van der Waals surface area (Å²) >= 11 is 0. The Morgan fingerprint density at radius 2 is 2.36 bits per heavy atom. The van der Waals surface area contributed by atoms with Crippen LogP contribution in [-0.2, 0) is 9.53 Å². The van der Waals surface area contributed by atoms with Crippen molar-refractivity contribution in [1.29, 1.82) is 0 Å². The lowest BCUT2D eigenvalue weighted by molar-refractivity contribution is -0.142. The lowest BCUT2D eigenvalue weighted by Crippen LogP contribution is -2.54. The van der Waals surface area contributed by atoms with E-state index in [0.717, 1.165) is 26.2 Å². The molecule has 80 valence electrons. The van der Waals surface area contributed by atoms with Crippen molar-refractivity contribution < 1.29 is 9.53 Å². The zero-order valence-electron chi connectivity index (χ0n) is 8.45. The molecule has 0 amide bonds. The van der Waals surface area contributed by atoms with E-state index in [-0.39, 0.29) is 12.0 Å². The smallest absolute Gasteiger partial charge is 0.302 e. The first-order valence-electron chi connectivity index (χ1n) is 5.10. The highest BCUT2D eigenvalue weighted by molar-refractivity contribution is 5.65. The van der Waals surface area contributed by atoms with Gasteiger partial charge in [0.2, 0.25) is 0 Å². The largest absolute Gasteiger partial charge is 0.464 e. The Hall–Kier alpha value is -0.650. The van der Waals surface area contributed by atoms with Crippen LogP contribution in [0.4, 0.5) is 0 Å². The van der Waals surface area contributed by atoms with Gasteiger partial charge in [-0.25, -0.2) is 0 Å². The van der Waals surface area contributed by atoms with E-state index in [1.165, 1.54) is 6.92 Å². The monoisotopic (exact) mass is 199 g/mol. The Morgan fingerprint density at radius 3 is 3.00 bits per heavy atom. The van der Waals surface area contributed by atoms with Crippen LogP contribution in [0.15, 0.2) is 0 Å². The third kappa shape index (κ3) is 2.67. The van der Waals surface area contributed by atoms with E-state index in [1.54, 1.807) is 0 Å². The van der Waals surface area contributed by atoms with Crippen molar-refractivity contribution >= 4 is 5.97 Å². The molecule has 2 saturated heterocycles. The Bertz CT molecular complexity index is 218. The lowest BCUT2D eigenvalue weighted by atomic mass is 10.2. The number of hydrogen-bond donors (Lipinski definition) is 2. The number of nitrogens with zero attached hydrogens (tertiary/aromatic N) is 1. The fraction of sp³-hybridized carbons (Fsp3) is 0.889. The standard InChI is InChI=1S/C9H17N3O2/c1-7(13)14-6-8-5-12(3-2-10-8)9-4-11-9/h8-11H,2-6H2,1H3. The topological polar surface area (TPSA) is 63.5 Å². The van der Waals surface area contributed by atoms with Gasteiger partial charge in [-0.05, 0) is 0 Å². The van der Waals surface area contributed by atoms with Crippen LogP contribution in [0.5, 0.6) is 0 Å². The lowest BCUT2D eigenvalue weighted by Gasteiger charge is -2.32. The van der Waals surface area contributed by atoms with E-state index in [9.17, 15) is 4.79 Å². The first-order valence-corrected chi connectivity index (χ1v) is 5.10. The summed E-state index contributed by atoms with van der Waals surface area (Å²) < 4.78 is 4.98. The van der Waals surface area contributed by atoms with Crippen LogP contribution in [-0.4, -0.2) is 55.9 Å². The van der Waals surface area contributed by atoms with E-state index < -0.39 is 0 Å². The second-order valence-electron chi connectivity index (χ2n) is 3.87. The SMILES string of the molecule is CC(=O)OCC1CN(C2CN2)CCN1. The fourth-order valence-corrected chi connectivity index (χ4v) is 1.77. The molecule has 2 aliphatic rings. The van der Waals surface area contributed by atoms with Crippen LogP contribution < -0.4 is 10.6 Å². The molecule has 2 rings (SSSR count). The molecule has 0 radical (unpaired) electrons. The average molecular weight is 199 g/mol. The number of rotatable bonds is 3. The molecule has 14 heavy (non-hydrogen) atoms.